The van der Waals surface area contributed by atoms with Crippen molar-refractivity contribution in [1.82, 2.24) is 0 Å². The summed E-state index contributed by atoms with van der Waals surface area (Å²) in [5, 5.41) is 0. The van der Waals surface area contributed by atoms with Crippen LogP contribution in [-0.4, -0.2) is 0 Å². The Labute approximate surface area is 154 Å². The minimum atomic E-state index is 0.209. The zero-order valence-electron chi connectivity index (χ0n) is 16.5. The summed E-state index contributed by atoms with van der Waals surface area (Å²) in [5.41, 5.74) is 6.36. The third-order valence-corrected chi connectivity index (χ3v) is 6.76. The van der Waals surface area contributed by atoms with E-state index in [2.05, 4.69) is 76.2 Å². The minimum absolute atomic E-state index is 0.209. The molecule has 2 aromatic rings. The van der Waals surface area contributed by atoms with Crippen LogP contribution in [0.2, 0.25) is 0 Å². The fourth-order valence-corrected chi connectivity index (χ4v) is 5.08. The van der Waals surface area contributed by atoms with E-state index in [-0.39, 0.29) is 5.41 Å². The number of benzene rings is 2. The van der Waals surface area contributed by atoms with Crippen molar-refractivity contribution in [3.05, 3.63) is 59.7 Å². The van der Waals surface area contributed by atoms with E-state index in [4.69, 9.17) is 0 Å². The van der Waals surface area contributed by atoms with Gasteiger partial charge in [-0.15, -0.1) is 0 Å². The van der Waals surface area contributed by atoms with Crippen molar-refractivity contribution in [1.29, 1.82) is 0 Å². The first kappa shape index (κ1) is 18.2. The quantitative estimate of drug-likeness (QED) is 0.466. The molecule has 0 heteroatoms. The van der Waals surface area contributed by atoms with Crippen molar-refractivity contribution >= 4 is 0 Å². The van der Waals surface area contributed by atoms with Crippen LogP contribution in [0.4, 0.5) is 0 Å². The van der Waals surface area contributed by atoms with Gasteiger partial charge in [0.2, 0.25) is 0 Å². The van der Waals surface area contributed by atoms with Crippen molar-refractivity contribution in [2.45, 2.75) is 71.6 Å². The summed E-state index contributed by atoms with van der Waals surface area (Å²) >= 11 is 0. The first-order valence-electron chi connectivity index (χ1n) is 10.4. The van der Waals surface area contributed by atoms with Crippen LogP contribution in [0.25, 0.3) is 11.1 Å². The van der Waals surface area contributed by atoms with Crippen LogP contribution in [0.15, 0.2) is 48.5 Å². The van der Waals surface area contributed by atoms with Crippen LogP contribution in [0.3, 0.4) is 0 Å². The van der Waals surface area contributed by atoms with Gasteiger partial charge >= 0.3 is 0 Å². The van der Waals surface area contributed by atoms with E-state index in [9.17, 15) is 0 Å². The fraction of sp³-hybridized carbons (Fsp3) is 0.520. The van der Waals surface area contributed by atoms with Crippen LogP contribution in [-0.2, 0) is 5.41 Å². The molecule has 0 aromatic heterocycles. The number of fused-ring (bicyclic) bond motifs is 3. The van der Waals surface area contributed by atoms with Crippen molar-refractivity contribution in [3.8, 4) is 11.1 Å². The molecule has 0 atom stereocenters. The Bertz CT molecular complexity index is 627. The largest absolute Gasteiger partial charge is 0.0651 e. The van der Waals surface area contributed by atoms with Gasteiger partial charge in [-0.2, -0.15) is 0 Å². The monoisotopic (exact) mass is 334 g/mol. The van der Waals surface area contributed by atoms with Gasteiger partial charge in [0.05, 0.1) is 0 Å². The molecule has 0 N–H and O–H groups in total. The van der Waals surface area contributed by atoms with Crippen LogP contribution in [0, 0.1) is 11.8 Å². The highest BCUT2D eigenvalue weighted by molar-refractivity contribution is 5.81. The van der Waals surface area contributed by atoms with Crippen LogP contribution < -0.4 is 0 Å². The summed E-state index contributed by atoms with van der Waals surface area (Å²) in [4.78, 5) is 0. The Balaban J connectivity index is 2.18. The minimum Gasteiger partial charge on any atom is -0.0651 e. The van der Waals surface area contributed by atoms with Gasteiger partial charge in [0.15, 0.2) is 0 Å². The van der Waals surface area contributed by atoms with Crippen LogP contribution >= 0.6 is 0 Å². The number of hydrogen-bond donors (Lipinski definition) is 0. The number of rotatable bonds is 8. The summed E-state index contributed by atoms with van der Waals surface area (Å²) in [6.07, 6.45) is 7.73. The van der Waals surface area contributed by atoms with Crippen molar-refractivity contribution in [3.63, 3.8) is 0 Å². The molecule has 0 radical (unpaired) electrons. The van der Waals surface area contributed by atoms with Crippen LogP contribution in [0.1, 0.15) is 77.3 Å². The third-order valence-electron chi connectivity index (χ3n) is 6.76. The first-order chi connectivity index (χ1) is 12.2. The molecule has 3 rings (SSSR count). The normalized spacial score (nSPS) is 14.8. The molecule has 1 aliphatic rings. The smallest absolute Gasteiger partial charge is 0.0220 e. The Morgan fingerprint density at radius 3 is 1.32 bits per heavy atom. The summed E-state index contributed by atoms with van der Waals surface area (Å²) in [5.74, 6) is 1.60. The number of hydrogen-bond acceptors (Lipinski definition) is 0. The lowest BCUT2D eigenvalue weighted by molar-refractivity contribution is 0.279. The molecule has 0 fully saturated rings. The summed E-state index contributed by atoms with van der Waals surface area (Å²) in [7, 11) is 0. The maximum absolute atomic E-state index is 2.42. The maximum atomic E-state index is 2.42. The molecule has 0 amide bonds. The Hall–Kier alpha value is -1.56. The molecule has 0 aliphatic heterocycles. The zero-order chi connectivity index (χ0) is 17.9. The van der Waals surface area contributed by atoms with Crippen molar-refractivity contribution < 1.29 is 0 Å². The van der Waals surface area contributed by atoms with E-state index in [1.54, 1.807) is 11.1 Å². The SMILES string of the molecule is CCC(CC)CC1(CC(CC)CC)c2ccccc2-c2ccccc21. The van der Waals surface area contributed by atoms with Gasteiger partial charge in [-0.3, -0.25) is 0 Å². The molecule has 0 unspecified atom stereocenters. The second-order valence-electron chi connectivity index (χ2n) is 7.95. The molecule has 134 valence electrons. The molecule has 25 heavy (non-hydrogen) atoms. The highest BCUT2D eigenvalue weighted by Gasteiger charge is 2.44. The molecule has 0 saturated heterocycles. The van der Waals surface area contributed by atoms with Gasteiger partial charge in [-0.05, 0) is 46.9 Å². The molecular weight excluding hydrogens is 300 g/mol. The highest BCUT2D eigenvalue weighted by Crippen LogP contribution is 2.55. The summed E-state index contributed by atoms with van der Waals surface area (Å²) < 4.78 is 0. The lowest BCUT2D eigenvalue weighted by Gasteiger charge is -2.38. The van der Waals surface area contributed by atoms with Gasteiger partial charge in [0.1, 0.15) is 0 Å². The van der Waals surface area contributed by atoms with Gasteiger partial charge in [-0.25, -0.2) is 0 Å². The van der Waals surface area contributed by atoms with Crippen LogP contribution in [0.5, 0.6) is 0 Å². The van der Waals surface area contributed by atoms with Crippen molar-refractivity contribution in [2.24, 2.45) is 11.8 Å². The molecule has 0 saturated carbocycles. The van der Waals surface area contributed by atoms with Gasteiger partial charge in [0.25, 0.3) is 0 Å². The predicted octanol–water partition coefficient (Wildman–Crippen LogP) is 7.61. The van der Waals surface area contributed by atoms with E-state index in [1.165, 1.54) is 49.7 Å². The van der Waals surface area contributed by atoms with Gasteiger partial charge < -0.3 is 0 Å². The molecule has 0 bridgehead atoms. The predicted molar refractivity (Wildman–Crippen MR) is 110 cm³/mol. The summed E-state index contributed by atoms with van der Waals surface area (Å²) in [6.45, 7) is 9.47. The molecule has 1 aliphatic carbocycles. The highest BCUT2D eigenvalue weighted by atomic mass is 14.5. The van der Waals surface area contributed by atoms with E-state index in [1.807, 2.05) is 0 Å². The standard InChI is InChI=1S/C25H34/c1-5-19(6-2)17-25(18-20(7-3)8-4)23-15-11-9-13-21(23)22-14-10-12-16-24(22)25/h9-16,19-20H,5-8,17-18H2,1-4H3. The first-order valence-corrected chi connectivity index (χ1v) is 10.4. The van der Waals surface area contributed by atoms with Gasteiger partial charge in [0, 0.05) is 5.41 Å². The lowest BCUT2D eigenvalue weighted by atomic mass is 9.65. The van der Waals surface area contributed by atoms with E-state index >= 15 is 0 Å². The third kappa shape index (κ3) is 3.16. The zero-order valence-corrected chi connectivity index (χ0v) is 16.5. The second kappa shape index (κ2) is 7.77. The maximum Gasteiger partial charge on any atom is 0.0220 e. The van der Waals surface area contributed by atoms with Crippen molar-refractivity contribution in [2.75, 3.05) is 0 Å². The molecular formula is C25H34. The second-order valence-corrected chi connectivity index (χ2v) is 7.95. The fourth-order valence-electron chi connectivity index (χ4n) is 5.08. The molecule has 0 heterocycles. The van der Waals surface area contributed by atoms with E-state index in [0.29, 0.717) is 0 Å². The molecule has 0 spiro atoms. The van der Waals surface area contributed by atoms with Gasteiger partial charge in [-0.1, -0.05) is 102 Å². The average Bonchev–Trinajstić information content (AvgIpc) is 2.95. The van der Waals surface area contributed by atoms with E-state index < -0.39 is 0 Å². The molecule has 0 nitrogen and oxygen atoms in total. The Morgan fingerprint density at radius 1 is 0.600 bits per heavy atom. The summed E-state index contributed by atoms with van der Waals surface area (Å²) in [6, 6.07) is 18.4. The Kier molecular flexibility index (Phi) is 5.67. The topological polar surface area (TPSA) is 0 Å². The lowest BCUT2D eigenvalue weighted by Crippen LogP contribution is -2.31. The Morgan fingerprint density at radius 2 is 0.960 bits per heavy atom. The average molecular weight is 335 g/mol. The van der Waals surface area contributed by atoms with E-state index in [0.717, 1.165) is 11.8 Å². The molecule has 2 aromatic carbocycles.